The van der Waals surface area contributed by atoms with Crippen LogP contribution in [0.2, 0.25) is 0 Å². The van der Waals surface area contributed by atoms with Crippen molar-refractivity contribution in [2.24, 2.45) is 11.8 Å². The summed E-state index contributed by atoms with van der Waals surface area (Å²) < 4.78 is 76.4. The zero-order chi connectivity index (χ0) is 25.3. The van der Waals surface area contributed by atoms with E-state index in [1.54, 1.807) is 0 Å². The summed E-state index contributed by atoms with van der Waals surface area (Å²) in [6, 6.07) is 6.14. The van der Waals surface area contributed by atoms with Gasteiger partial charge in [0.1, 0.15) is 0 Å². The lowest BCUT2D eigenvalue weighted by Gasteiger charge is -2.23. The Morgan fingerprint density at radius 1 is 0.676 bits per heavy atom. The summed E-state index contributed by atoms with van der Waals surface area (Å²) in [5.74, 6) is -9.29. The van der Waals surface area contributed by atoms with E-state index in [-0.39, 0.29) is 49.7 Å². The van der Waals surface area contributed by atoms with E-state index in [4.69, 9.17) is 0 Å². The molecular formula is C24H20F6O4. The number of Topliss-reactive ketones (excluding diaryl/α,β-unsaturated/α-hetero) is 4. The summed E-state index contributed by atoms with van der Waals surface area (Å²) in [6.45, 7) is 0. The van der Waals surface area contributed by atoms with Gasteiger partial charge in [-0.15, -0.1) is 0 Å². The number of ketones is 4. The number of hydrogen-bond donors (Lipinski definition) is 0. The maximum Gasteiger partial charge on any atom is 0.450 e. The van der Waals surface area contributed by atoms with Gasteiger partial charge < -0.3 is 0 Å². The lowest BCUT2D eigenvalue weighted by molar-refractivity contribution is -0.177. The van der Waals surface area contributed by atoms with E-state index < -0.39 is 47.3 Å². The number of carbonyl (C=O) groups is 4. The Kier molecular flexibility index (Phi) is 7.28. The van der Waals surface area contributed by atoms with Crippen LogP contribution in [0.1, 0.15) is 49.7 Å². The molecule has 2 aliphatic carbocycles. The Balaban J connectivity index is 1.76. The number of allylic oxidation sites excluding steroid dienone is 2. The fraction of sp³-hybridized carbons (Fsp3) is 0.417. The first kappa shape index (κ1) is 25.6. The SMILES string of the molecule is O=C1C(=Cc2ccc(C=C3CCCC(C(=O)C(F)(F)F)C3=O)cc2)CCCC1C(=O)C(F)(F)F. The van der Waals surface area contributed by atoms with E-state index in [1.165, 1.54) is 36.4 Å². The molecule has 2 fully saturated rings. The summed E-state index contributed by atoms with van der Waals surface area (Å²) in [6.07, 6.45) is -6.71. The summed E-state index contributed by atoms with van der Waals surface area (Å²) in [5, 5.41) is 0. The first-order valence-electron chi connectivity index (χ1n) is 10.6. The maximum absolute atomic E-state index is 12.7. The highest BCUT2D eigenvalue weighted by atomic mass is 19.4. The van der Waals surface area contributed by atoms with Crippen LogP contribution in [0.3, 0.4) is 0 Å². The van der Waals surface area contributed by atoms with E-state index in [2.05, 4.69) is 0 Å². The molecule has 0 N–H and O–H groups in total. The van der Waals surface area contributed by atoms with Gasteiger partial charge >= 0.3 is 12.4 Å². The Morgan fingerprint density at radius 2 is 1.00 bits per heavy atom. The van der Waals surface area contributed by atoms with Crippen LogP contribution >= 0.6 is 0 Å². The molecule has 0 spiro atoms. The van der Waals surface area contributed by atoms with Crippen LogP contribution in [0.4, 0.5) is 26.3 Å². The molecule has 0 bridgehead atoms. The Hall–Kier alpha value is -3.04. The predicted molar refractivity (Wildman–Crippen MR) is 109 cm³/mol. The predicted octanol–water partition coefficient (Wildman–Crippen LogP) is 5.45. The van der Waals surface area contributed by atoms with Crippen molar-refractivity contribution in [2.45, 2.75) is 50.9 Å². The van der Waals surface area contributed by atoms with E-state index >= 15 is 0 Å². The second-order valence-corrected chi connectivity index (χ2v) is 8.35. The van der Waals surface area contributed by atoms with Crippen LogP contribution in [-0.4, -0.2) is 35.5 Å². The number of benzene rings is 1. The average molecular weight is 486 g/mol. The van der Waals surface area contributed by atoms with Crippen LogP contribution in [0.25, 0.3) is 12.2 Å². The van der Waals surface area contributed by atoms with Crippen molar-refractivity contribution in [1.82, 2.24) is 0 Å². The highest BCUT2D eigenvalue weighted by molar-refractivity contribution is 6.15. The summed E-state index contributed by atoms with van der Waals surface area (Å²) >= 11 is 0. The van der Waals surface area contributed by atoms with Crippen molar-refractivity contribution in [3.8, 4) is 0 Å². The van der Waals surface area contributed by atoms with Crippen molar-refractivity contribution in [2.75, 3.05) is 0 Å². The van der Waals surface area contributed by atoms with Gasteiger partial charge in [0.25, 0.3) is 0 Å². The number of rotatable bonds is 4. The molecule has 1 aromatic carbocycles. The standard InChI is InChI=1S/C24H20F6O4/c25-23(26,27)21(33)17-5-1-3-15(19(17)31)11-13-7-9-14(10-8-13)12-16-4-2-6-18(20(16)32)22(34)24(28,29)30/h7-12,17-18H,1-6H2. The van der Waals surface area contributed by atoms with Gasteiger partial charge in [0.15, 0.2) is 11.6 Å². The molecule has 10 heteroatoms. The monoisotopic (exact) mass is 486 g/mol. The molecule has 0 aliphatic heterocycles. The largest absolute Gasteiger partial charge is 0.450 e. The minimum absolute atomic E-state index is 0.107. The lowest BCUT2D eigenvalue weighted by atomic mass is 9.80. The highest BCUT2D eigenvalue weighted by Crippen LogP contribution is 2.34. The highest BCUT2D eigenvalue weighted by Gasteiger charge is 2.48. The summed E-state index contributed by atoms with van der Waals surface area (Å²) in [5.41, 5.74) is 1.17. The van der Waals surface area contributed by atoms with Gasteiger partial charge in [-0.25, -0.2) is 0 Å². The number of alkyl halides is 6. The quantitative estimate of drug-likeness (QED) is 0.322. The summed E-state index contributed by atoms with van der Waals surface area (Å²) in [4.78, 5) is 47.8. The molecular weight excluding hydrogens is 466 g/mol. The lowest BCUT2D eigenvalue weighted by Crippen LogP contribution is -2.37. The molecule has 34 heavy (non-hydrogen) atoms. The second kappa shape index (κ2) is 9.68. The van der Waals surface area contributed by atoms with Crippen LogP contribution in [0.15, 0.2) is 35.4 Å². The third kappa shape index (κ3) is 5.71. The van der Waals surface area contributed by atoms with Crippen molar-refractivity contribution < 1.29 is 45.5 Å². The van der Waals surface area contributed by atoms with Crippen LogP contribution in [0.5, 0.6) is 0 Å². The van der Waals surface area contributed by atoms with Gasteiger partial charge in [0.05, 0.1) is 11.8 Å². The topological polar surface area (TPSA) is 68.3 Å². The molecule has 0 heterocycles. The molecule has 4 nitrogen and oxygen atoms in total. The van der Waals surface area contributed by atoms with Crippen molar-refractivity contribution in [3.63, 3.8) is 0 Å². The third-order valence-corrected chi connectivity index (χ3v) is 5.95. The number of halogens is 6. The summed E-state index contributed by atoms with van der Waals surface area (Å²) in [7, 11) is 0. The van der Waals surface area contributed by atoms with Gasteiger partial charge in [-0.3, -0.25) is 19.2 Å². The van der Waals surface area contributed by atoms with Crippen LogP contribution in [-0.2, 0) is 19.2 Å². The number of carbonyl (C=O) groups excluding carboxylic acids is 4. The Morgan fingerprint density at radius 3 is 1.29 bits per heavy atom. The molecule has 2 saturated carbocycles. The smallest absolute Gasteiger partial charge is 0.294 e. The van der Waals surface area contributed by atoms with Gasteiger partial charge in [0, 0.05) is 0 Å². The molecule has 0 saturated heterocycles. The maximum atomic E-state index is 12.7. The van der Waals surface area contributed by atoms with Crippen LogP contribution in [0, 0.1) is 11.8 Å². The zero-order valence-corrected chi connectivity index (χ0v) is 17.8. The van der Waals surface area contributed by atoms with E-state index in [9.17, 15) is 45.5 Å². The molecule has 2 aliphatic rings. The molecule has 0 radical (unpaired) electrons. The van der Waals surface area contributed by atoms with Gasteiger partial charge in [-0.05, 0) is 73.0 Å². The molecule has 2 atom stereocenters. The normalized spacial score (nSPS) is 24.5. The first-order valence-corrected chi connectivity index (χ1v) is 10.6. The molecule has 1 aromatic rings. The van der Waals surface area contributed by atoms with Gasteiger partial charge in [-0.1, -0.05) is 24.3 Å². The number of hydrogen-bond acceptors (Lipinski definition) is 4. The molecule has 0 amide bonds. The van der Waals surface area contributed by atoms with Crippen molar-refractivity contribution in [3.05, 3.63) is 46.5 Å². The minimum atomic E-state index is -5.09. The van der Waals surface area contributed by atoms with Crippen LogP contribution < -0.4 is 0 Å². The fourth-order valence-electron chi connectivity index (χ4n) is 4.22. The molecule has 3 rings (SSSR count). The first-order chi connectivity index (χ1) is 15.8. The zero-order valence-electron chi connectivity index (χ0n) is 17.8. The van der Waals surface area contributed by atoms with Crippen molar-refractivity contribution in [1.29, 1.82) is 0 Å². The minimum Gasteiger partial charge on any atom is -0.294 e. The fourth-order valence-corrected chi connectivity index (χ4v) is 4.22. The Bertz CT molecular complexity index is 975. The van der Waals surface area contributed by atoms with E-state index in [0.717, 1.165) is 0 Å². The van der Waals surface area contributed by atoms with Gasteiger partial charge in [0.2, 0.25) is 11.6 Å². The average Bonchev–Trinajstić information content (AvgIpc) is 2.76. The van der Waals surface area contributed by atoms with E-state index in [0.29, 0.717) is 11.1 Å². The second-order valence-electron chi connectivity index (χ2n) is 8.35. The third-order valence-electron chi connectivity index (χ3n) is 5.95. The Labute approximate surface area is 190 Å². The van der Waals surface area contributed by atoms with Crippen molar-refractivity contribution >= 4 is 35.3 Å². The molecule has 2 unspecified atom stereocenters. The van der Waals surface area contributed by atoms with Gasteiger partial charge in [-0.2, -0.15) is 26.3 Å². The molecule has 182 valence electrons. The van der Waals surface area contributed by atoms with E-state index in [1.807, 2.05) is 0 Å². The molecule has 0 aromatic heterocycles.